The molecule has 2 rings (SSSR count). The third kappa shape index (κ3) is 7.32. The molecule has 0 aromatic heterocycles. The van der Waals surface area contributed by atoms with Gasteiger partial charge in [0.1, 0.15) is 29.6 Å². The predicted molar refractivity (Wildman–Crippen MR) is 114 cm³/mol. The fourth-order valence-electron chi connectivity index (χ4n) is 2.16. The number of rotatable bonds is 9. The van der Waals surface area contributed by atoms with Gasteiger partial charge in [-0.1, -0.05) is 13.2 Å². The minimum atomic E-state index is -0.579. The van der Waals surface area contributed by atoms with Crippen LogP contribution >= 0.6 is 0 Å². The molecule has 0 bridgehead atoms. The third-order valence-corrected chi connectivity index (χ3v) is 3.98. The second-order valence-electron chi connectivity index (χ2n) is 6.26. The van der Waals surface area contributed by atoms with E-state index in [1.807, 2.05) is 0 Å². The lowest BCUT2D eigenvalue weighted by Gasteiger charge is -2.11. The summed E-state index contributed by atoms with van der Waals surface area (Å²) in [6, 6.07) is 12.4. The first-order valence-electron chi connectivity index (χ1n) is 9.22. The summed E-state index contributed by atoms with van der Waals surface area (Å²) < 4.78 is 20.9. The number of hydrogen-bond donors (Lipinski definition) is 0. The summed E-state index contributed by atoms with van der Waals surface area (Å²) in [6.07, 6.45) is 2.14. The van der Waals surface area contributed by atoms with Gasteiger partial charge >= 0.3 is 17.9 Å². The van der Waals surface area contributed by atoms with Crippen LogP contribution in [0.5, 0.6) is 17.2 Å². The Labute approximate surface area is 180 Å². The molecular formula is C24H22O7. The quantitative estimate of drug-likeness (QED) is 0.256. The van der Waals surface area contributed by atoms with Crippen LogP contribution in [0, 0.1) is 0 Å². The van der Waals surface area contributed by atoms with Crippen molar-refractivity contribution < 1.29 is 33.3 Å². The van der Waals surface area contributed by atoms with E-state index in [0.717, 1.165) is 17.7 Å². The van der Waals surface area contributed by atoms with Gasteiger partial charge in [-0.05, 0) is 62.4 Å². The molecule has 0 unspecified atom stereocenters. The van der Waals surface area contributed by atoms with E-state index < -0.39 is 17.9 Å². The first-order chi connectivity index (χ1) is 14.8. The van der Waals surface area contributed by atoms with Crippen molar-refractivity contribution in [2.24, 2.45) is 0 Å². The number of carbonyl (C=O) groups is 3. The number of ether oxygens (including phenoxy) is 4. The predicted octanol–water partition coefficient (Wildman–Crippen LogP) is 4.40. The Balaban J connectivity index is 1.95. The van der Waals surface area contributed by atoms with E-state index in [4.69, 9.17) is 18.9 Å². The highest BCUT2D eigenvalue weighted by atomic mass is 16.5. The summed E-state index contributed by atoms with van der Waals surface area (Å²) >= 11 is 0. The molecular weight excluding hydrogens is 400 g/mol. The molecule has 31 heavy (non-hydrogen) atoms. The fraction of sp³-hybridized carbons (Fsp3) is 0.125. The summed E-state index contributed by atoms with van der Waals surface area (Å²) in [6.45, 7) is 10.3. The molecule has 7 nitrogen and oxygen atoms in total. The molecule has 0 fully saturated rings. The Morgan fingerprint density at radius 1 is 0.742 bits per heavy atom. The van der Waals surface area contributed by atoms with Gasteiger partial charge in [-0.25, -0.2) is 14.4 Å². The highest BCUT2D eigenvalue weighted by Gasteiger charge is 2.10. The zero-order valence-electron chi connectivity index (χ0n) is 17.3. The van der Waals surface area contributed by atoms with Crippen molar-refractivity contribution in [2.45, 2.75) is 13.8 Å². The van der Waals surface area contributed by atoms with Gasteiger partial charge < -0.3 is 18.9 Å². The van der Waals surface area contributed by atoms with Crippen LogP contribution in [0.4, 0.5) is 0 Å². The van der Waals surface area contributed by atoms with Crippen molar-refractivity contribution in [2.75, 3.05) is 6.61 Å². The fourth-order valence-corrected chi connectivity index (χ4v) is 2.16. The van der Waals surface area contributed by atoms with Crippen LogP contribution in [0.2, 0.25) is 0 Å². The maximum absolute atomic E-state index is 12.3. The van der Waals surface area contributed by atoms with Crippen LogP contribution in [0.3, 0.4) is 0 Å². The van der Waals surface area contributed by atoms with E-state index in [1.54, 1.807) is 38.1 Å². The molecule has 7 heteroatoms. The number of carbonyl (C=O) groups excluding carboxylic acids is 3. The van der Waals surface area contributed by atoms with Crippen LogP contribution in [-0.4, -0.2) is 24.5 Å². The summed E-state index contributed by atoms with van der Waals surface area (Å²) in [4.78, 5) is 34.6. The second-order valence-corrected chi connectivity index (χ2v) is 6.26. The summed E-state index contributed by atoms with van der Waals surface area (Å²) in [5.41, 5.74) is 1.06. The maximum Gasteiger partial charge on any atom is 0.343 e. The van der Waals surface area contributed by atoms with Crippen molar-refractivity contribution in [3.63, 3.8) is 0 Å². The van der Waals surface area contributed by atoms with E-state index >= 15 is 0 Å². The van der Waals surface area contributed by atoms with E-state index in [-0.39, 0.29) is 6.61 Å². The Kier molecular flexibility index (Phi) is 8.33. The van der Waals surface area contributed by atoms with Gasteiger partial charge in [-0.15, -0.1) is 0 Å². The molecule has 0 N–H and O–H groups in total. The smallest absolute Gasteiger partial charge is 0.343 e. The molecule has 2 aromatic carbocycles. The van der Waals surface area contributed by atoms with Gasteiger partial charge in [0.15, 0.2) is 0 Å². The zero-order chi connectivity index (χ0) is 22.8. The number of hydrogen-bond acceptors (Lipinski definition) is 7. The Morgan fingerprint density at radius 3 is 1.77 bits per heavy atom. The van der Waals surface area contributed by atoms with Gasteiger partial charge in [0.25, 0.3) is 0 Å². The van der Waals surface area contributed by atoms with Gasteiger partial charge in [0.05, 0.1) is 5.56 Å². The van der Waals surface area contributed by atoms with Crippen LogP contribution in [-0.2, 0) is 14.3 Å². The monoisotopic (exact) mass is 422 g/mol. The first kappa shape index (κ1) is 23.2. The van der Waals surface area contributed by atoms with Crippen LogP contribution < -0.4 is 14.2 Å². The lowest BCUT2D eigenvalue weighted by atomic mass is 10.2. The Morgan fingerprint density at radius 2 is 1.23 bits per heavy atom. The molecule has 0 amide bonds. The van der Waals surface area contributed by atoms with E-state index in [2.05, 4.69) is 13.2 Å². The SMILES string of the molecule is C=CC(=O)OC/C(C)=C(\C)Oc1ccc(C(=O)Oc2ccc(OC(=O)C=C)cc2)cc1. The Hall–Kier alpha value is -4.13. The van der Waals surface area contributed by atoms with Gasteiger partial charge in [0.2, 0.25) is 0 Å². The minimum absolute atomic E-state index is 0.0900. The maximum atomic E-state index is 12.3. The number of allylic oxidation sites excluding steroid dienone is 1. The lowest BCUT2D eigenvalue weighted by molar-refractivity contribution is -0.136. The molecule has 0 spiro atoms. The van der Waals surface area contributed by atoms with Crippen LogP contribution in [0.1, 0.15) is 24.2 Å². The third-order valence-electron chi connectivity index (χ3n) is 3.98. The summed E-state index contributed by atoms with van der Waals surface area (Å²) in [5, 5.41) is 0. The average molecular weight is 422 g/mol. The van der Waals surface area contributed by atoms with Gasteiger partial charge in [-0.2, -0.15) is 0 Å². The summed E-state index contributed by atoms with van der Waals surface area (Å²) in [7, 11) is 0. The lowest BCUT2D eigenvalue weighted by Crippen LogP contribution is -2.09. The van der Waals surface area contributed by atoms with E-state index in [0.29, 0.717) is 28.6 Å². The van der Waals surface area contributed by atoms with Crippen LogP contribution in [0.15, 0.2) is 85.2 Å². The first-order valence-corrected chi connectivity index (χ1v) is 9.22. The highest BCUT2D eigenvalue weighted by molar-refractivity contribution is 5.91. The van der Waals surface area contributed by atoms with Crippen molar-refractivity contribution in [3.05, 3.63) is 90.7 Å². The molecule has 0 saturated carbocycles. The molecule has 0 aliphatic heterocycles. The van der Waals surface area contributed by atoms with Crippen LogP contribution in [0.25, 0.3) is 0 Å². The standard InChI is InChI=1S/C24H22O7/c1-5-22(25)28-15-16(3)17(4)29-19-9-7-18(8-10-19)24(27)31-21-13-11-20(12-14-21)30-23(26)6-2/h5-14H,1-2,15H2,3-4H3/b17-16+. The topological polar surface area (TPSA) is 88.1 Å². The zero-order valence-corrected chi connectivity index (χ0v) is 17.3. The molecule has 2 aromatic rings. The minimum Gasteiger partial charge on any atom is -0.462 e. The number of esters is 3. The normalized spacial score (nSPS) is 10.9. The highest BCUT2D eigenvalue weighted by Crippen LogP contribution is 2.21. The summed E-state index contributed by atoms with van der Waals surface area (Å²) in [5.74, 6) is 0.0485. The number of benzene rings is 2. The Bertz CT molecular complexity index is 999. The van der Waals surface area contributed by atoms with E-state index in [9.17, 15) is 14.4 Å². The average Bonchev–Trinajstić information content (AvgIpc) is 2.78. The largest absolute Gasteiger partial charge is 0.462 e. The van der Waals surface area contributed by atoms with Crippen molar-refractivity contribution >= 4 is 17.9 Å². The van der Waals surface area contributed by atoms with E-state index in [1.165, 1.54) is 24.3 Å². The molecule has 0 saturated heterocycles. The van der Waals surface area contributed by atoms with Gasteiger partial charge in [0, 0.05) is 17.7 Å². The molecule has 0 aliphatic rings. The molecule has 0 aliphatic carbocycles. The second kappa shape index (κ2) is 11.2. The molecule has 160 valence electrons. The van der Waals surface area contributed by atoms with Crippen molar-refractivity contribution in [1.29, 1.82) is 0 Å². The molecule has 0 radical (unpaired) electrons. The van der Waals surface area contributed by atoms with Crippen molar-refractivity contribution in [1.82, 2.24) is 0 Å². The molecule has 0 heterocycles. The van der Waals surface area contributed by atoms with Crippen molar-refractivity contribution in [3.8, 4) is 17.2 Å². The van der Waals surface area contributed by atoms with Gasteiger partial charge in [-0.3, -0.25) is 0 Å². The molecule has 0 atom stereocenters.